The number of phenolic OH excluding ortho intramolecular Hbond substituents is 1. The molecule has 31 heavy (non-hydrogen) atoms. The minimum Gasteiger partial charge on any atom is -0.507 e. The van der Waals surface area contributed by atoms with Gasteiger partial charge in [-0.25, -0.2) is 4.98 Å². The van der Waals surface area contributed by atoms with E-state index in [1.165, 1.54) is 0 Å². The van der Waals surface area contributed by atoms with Crippen LogP contribution in [0.5, 0.6) is 11.6 Å². The Morgan fingerprint density at radius 2 is 2.16 bits per heavy atom. The van der Waals surface area contributed by atoms with Crippen LogP contribution in [0.1, 0.15) is 25.3 Å². The Morgan fingerprint density at radius 3 is 2.90 bits per heavy atom. The van der Waals surface area contributed by atoms with E-state index in [-0.39, 0.29) is 17.4 Å². The number of pyridine rings is 1. The van der Waals surface area contributed by atoms with Gasteiger partial charge in [0.05, 0.1) is 23.5 Å². The molecule has 2 aromatic heterocycles. The van der Waals surface area contributed by atoms with E-state index in [1.807, 2.05) is 30.3 Å². The van der Waals surface area contributed by atoms with Crippen LogP contribution >= 0.6 is 0 Å². The highest BCUT2D eigenvalue weighted by atomic mass is 16.5. The highest BCUT2D eigenvalue weighted by Gasteiger charge is 2.48. The van der Waals surface area contributed by atoms with Crippen molar-refractivity contribution in [2.75, 3.05) is 23.3 Å². The zero-order valence-electron chi connectivity index (χ0n) is 17.5. The second kappa shape index (κ2) is 7.58. The number of ether oxygens (including phenoxy) is 1. The molecule has 3 aromatic rings. The number of nitrogens with zero attached hydrogens (tertiary/aromatic N) is 4. The molecular weight excluding hydrogens is 390 g/mol. The molecule has 0 aliphatic carbocycles. The van der Waals surface area contributed by atoms with Gasteiger partial charge in [-0.2, -0.15) is 0 Å². The molecule has 2 atom stereocenters. The minimum atomic E-state index is -0.0717. The van der Waals surface area contributed by atoms with Crippen molar-refractivity contribution >= 4 is 17.6 Å². The van der Waals surface area contributed by atoms with Crippen molar-refractivity contribution in [1.82, 2.24) is 15.2 Å². The Balaban J connectivity index is 1.46. The van der Waals surface area contributed by atoms with Crippen LogP contribution in [0.15, 0.2) is 55.2 Å². The van der Waals surface area contributed by atoms with Crippen molar-refractivity contribution in [3.05, 3.63) is 60.8 Å². The Labute approximate surface area is 181 Å². The topological polar surface area (TPSA) is 83.4 Å². The zero-order chi connectivity index (χ0) is 21.4. The Morgan fingerprint density at radius 1 is 1.29 bits per heavy atom. The summed E-state index contributed by atoms with van der Waals surface area (Å²) in [5.41, 5.74) is 3.20. The van der Waals surface area contributed by atoms with Gasteiger partial charge in [-0.1, -0.05) is 31.7 Å². The van der Waals surface area contributed by atoms with E-state index in [1.54, 1.807) is 24.4 Å². The highest BCUT2D eigenvalue weighted by molar-refractivity contribution is 5.77. The third-order valence-corrected chi connectivity index (χ3v) is 6.34. The molecule has 0 bridgehead atoms. The van der Waals surface area contributed by atoms with Crippen LogP contribution in [-0.4, -0.2) is 45.0 Å². The zero-order valence-corrected chi connectivity index (χ0v) is 17.5. The van der Waals surface area contributed by atoms with Gasteiger partial charge in [0.25, 0.3) is 0 Å². The molecule has 4 heterocycles. The summed E-state index contributed by atoms with van der Waals surface area (Å²) in [6, 6.07) is 13.0. The number of hydrogen-bond donors (Lipinski definition) is 2. The van der Waals surface area contributed by atoms with Crippen LogP contribution in [0, 0.1) is 0 Å². The number of aromatic nitrogens is 3. The van der Waals surface area contributed by atoms with Gasteiger partial charge in [-0.3, -0.25) is 0 Å². The number of phenols is 1. The predicted octanol–water partition coefficient (Wildman–Crippen LogP) is 4.12. The fraction of sp³-hybridized carbons (Fsp3) is 0.292. The van der Waals surface area contributed by atoms with E-state index in [0.29, 0.717) is 17.1 Å². The minimum absolute atomic E-state index is 0.0107. The molecule has 0 amide bonds. The second-order valence-electron chi connectivity index (χ2n) is 8.10. The lowest BCUT2D eigenvalue weighted by atomic mass is 9.90. The van der Waals surface area contributed by atoms with Crippen LogP contribution in [0.2, 0.25) is 0 Å². The summed E-state index contributed by atoms with van der Waals surface area (Å²) in [4.78, 5) is 6.80. The van der Waals surface area contributed by atoms with E-state index in [9.17, 15) is 5.11 Å². The van der Waals surface area contributed by atoms with E-state index >= 15 is 0 Å². The van der Waals surface area contributed by atoms with E-state index in [2.05, 4.69) is 38.9 Å². The van der Waals surface area contributed by atoms with Crippen molar-refractivity contribution < 1.29 is 9.84 Å². The van der Waals surface area contributed by atoms with Gasteiger partial charge in [0.1, 0.15) is 11.9 Å². The monoisotopic (exact) mass is 415 g/mol. The Bertz CT molecular complexity index is 1120. The molecule has 1 saturated heterocycles. The number of hydrogen-bond acceptors (Lipinski definition) is 7. The number of benzene rings is 1. The molecular formula is C24H25N5O2. The number of rotatable bonds is 5. The standard InChI is InChI=1S/C24H25N5O2/c1-3-16-9-10-22(25-13-16)31-17-12-24(4-2)15-26-23-20(29(24)14-17)11-19(27-28-23)18-7-5-6-8-21(18)30/h3,5-11,13,17,30H,1,4,12,14-15H2,2H3,(H,26,28)/t17-,24+/m1/s1. The fourth-order valence-electron chi connectivity index (χ4n) is 4.59. The van der Waals surface area contributed by atoms with Crippen LogP contribution in [0.4, 0.5) is 11.5 Å². The van der Waals surface area contributed by atoms with Crippen molar-refractivity contribution in [1.29, 1.82) is 0 Å². The molecule has 2 N–H and O–H groups in total. The Hall–Kier alpha value is -3.61. The van der Waals surface area contributed by atoms with Crippen molar-refractivity contribution in [2.45, 2.75) is 31.4 Å². The van der Waals surface area contributed by atoms with Crippen LogP contribution in [-0.2, 0) is 0 Å². The van der Waals surface area contributed by atoms with E-state index in [4.69, 9.17) is 4.74 Å². The van der Waals surface area contributed by atoms with Crippen molar-refractivity contribution in [3.63, 3.8) is 0 Å². The third-order valence-electron chi connectivity index (χ3n) is 6.34. The summed E-state index contributed by atoms with van der Waals surface area (Å²) < 4.78 is 6.25. The summed E-state index contributed by atoms with van der Waals surface area (Å²) in [6.07, 6.45) is 5.40. The van der Waals surface area contributed by atoms with E-state index in [0.717, 1.165) is 43.0 Å². The average molecular weight is 415 g/mol. The summed E-state index contributed by atoms with van der Waals surface area (Å²) in [6.45, 7) is 7.49. The first-order valence-electron chi connectivity index (χ1n) is 10.5. The van der Waals surface area contributed by atoms with Crippen LogP contribution < -0.4 is 15.0 Å². The first-order valence-corrected chi connectivity index (χ1v) is 10.5. The maximum absolute atomic E-state index is 10.3. The summed E-state index contributed by atoms with van der Waals surface area (Å²) in [5.74, 6) is 1.58. The van der Waals surface area contributed by atoms with E-state index < -0.39 is 0 Å². The SMILES string of the molecule is C=Cc1ccc(O[C@H]2CN3c4cc(-c5ccccc5O)nnc4NC[C@]3(CC)C2)nc1. The highest BCUT2D eigenvalue weighted by Crippen LogP contribution is 2.45. The molecule has 0 saturated carbocycles. The molecule has 7 heteroatoms. The largest absolute Gasteiger partial charge is 0.507 e. The molecule has 7 nitrogen and oxygen atoms in total. The second-order valence-corrected chi connectivity index (χ2v) is 8.10. The molecule has 1 aromatic carbocycles. The molecule has 5 rings (SSSR count). The van der Waals surface area contributed by atoms with Crippen molar-refractivity contribution in [2.24, 2.45) is 0 Å². The molecule has 2 aliphatic rings. The Kier molecular flexibility index (Phi) is 4.73. The van der Waals surface area contributed by atoms with Gasteiger partial charge in [-0.15, -0.1) is 10.2 Å². The molecule has 1 fully saturated rings. The van der Waals surface area contributed by atoms with Gasteiger partial charge >= 0.3 is 0 Å². The number of nitrogens with one attached hydrogen (secondary N) is 1. The van der Waals surface area contributed by atoms with Gasteiger partial charge in [-0.05, 0) is 36.2 Å². The normalized spacial score (nSPS) is 21.7. The lowest BCUT2D eigenvalue weighted by Crippen LogP contribution is -2.52. The molecule has 0 unspecified atom stereocenters. The summed E-state index contributed by atoms with van der Waals surface area (Å²) in [5, 5.41) is 22.5. The predicted molar refractivity (Wildman–Crippen MR) is 121 cm³/mol. The first kappa shape index (κ1) is 19.4. The maximum Gasteiger partial charge on any atom is 0.213 e. The maximum atomic E-state index is 10.3. The molecule has 158 valence electrons. The lowest BCUT2D eigenvalue weighted by Gasteiger charge is -2.43. The number of para-hydroxylation sites is 1. The average Bonchev–Trinajstić information content (AvgIpc) is 3.19. The van der Waals surface area contributed by atoms with Gasteiger partial charge < -0.3 is 20.1 Å². The number of anilines is 2. The van der Waals surface area contributed by atoms with Crippen molar-refractivity contribution in [3.8, 4) is 22.9 Å². The fourth-order valence-corrected chi connectivity index (χ4v) is 4.59. The quantitative estimate of drug-likeness (QED) is 0.648. The van der Waals surface area contributed by atoms with Crippen LogP contribution in [0.25, 0.3) is 17.3 Å². The molecule has 0 radical (unpaired) electrons. The molecule has 2 aliphatic heterocycles. The summed E-state index contributed by atoms with van der Waals surface area (Å²) in [7, 11) is 0. The number of aromatic hydroxyl groups is 1. The van der Waals surface area contributed by atoms with Gasteiger partial charge in [0, 0.05) is 30.8 Å². The molecule has 0 spiro atoms. The first-order chi connectivity index (χ1) is 15.1. The van der Waals surface area contributed by atoms with Crippen LogP contribution in [0.3, 0.4) is 0 Å². The third kappa shape index (κ3) is 3.36. The van der Waals surface area contributed by atoms with Gasteiger partial charge in [0.2, 0.25) is 5.88 Å². The van der Waals surface area contributed by atoms with Gasteiger partial charge in [0.15, 0.2) is 5.82 Å². The smallest absolute Gasteiger partial charge is 0.213 e. The summed E-state index contributed by atoms with van der Waals surface area (Å²) >= 11 is 0. The number of fused-ring (bicyclic) bond motifs is 3. The lowest BCUT2D eigenvalue weighted by molar-refractivity contribution is 0.202.